The van der Waals surface area contributed by atoms with Crippen molar-refractivity contribution in [1.29, 1.82) is 0 Å². The summed E-state index contributed by atoms with van der Waals surface area (Å²) in [5, 5.41) is 0. The van der Waals surface area contributed by atoms with Crippen molar-refractivity contribution in [2.75, 3.05) is 6.61 Å². The highest BCUT2D eigenvalue weighted by atomic mass is 16.5. The highest BCUT2D eigenvalue weighted by molar-refractivity contribution is 6.08. The molecule has 158 valence electrons. The summed E-state index contributed by atoms with van der Waals surface area (Å²) >= 11 is 0. The number of hydrogen-bond donors (Lipinski definition) is 0. The Morgan fingerprint density at radius 1 is 1.14 bits per heavy atom. The van der Waals surface area contributed by atoms with Gasteiger partial charge in [-0.15, -0.1) is 0 Å². The van der Waals surface area contributed by atoms with E-state index in [0.717, 1.165) is 42.1 Å². The van der Waals surface area contributed by atoms with Crippen LogP contribution in [0, 0.1) is 25.7 Å². The minimum absolute atomic E-state index is 0.279. The van der Waals surface area contributed by atoms with E-state index >= 15 is 0 Å². The second-order valence-corrected chi connectivity index (χ2v) is 8.19. The highest BCUT2D eigenvalue weighted by Gasteiger charge is 2.51. The molecule has 0 spiro atoms. The highest BCUT2D eigenvalue weighted by Crippen LogP contribution is 2.38. The van der Waals surface area contributed by atoms with Gasteiger partial charge >= 0.3 is 5.97 Å². The molecular weight excluding hydrogens is 372 g/mol. The summed E-state index contributed by atoms with van der Waals surface area (Å²) in [5.74, 6) is -2.18. The van der Waals surface area contributed by atoms with Crippen molar-refractivity contribution in [3.63, 3.8) is 0 Å². The Hall–Kier alpha value is -2.44. The molecule has 2 amide bonds. The predicted molar refractivity (Wildman–Crippen MR) is 106 cm³/mol. The number of amides is 2. The fourth-order valence-corrected chi connectivity index (χ4v) is 4.66. The number of aryl methyl sites for hydroxylation is 1. The van der Waals surface area contributed by atoms with Crippen molar-refractivity contribution >= 4 is 23.6 Å². The zero-order chi connectivity index (χ0) is 21.3. The minimum atomic E-state index is -1.01. The number of nitrogens with zero attached hydrogens (tertiary/aromatic N) is 2. The van der Waals surface area contributed by atoms with Crippen molar-refractivity contribution in [3.8, 4) is 0 Å². The van der Waals surface area contributed by atoms with Gasteiger partial charge in [-0.1, -0.05) is 19.8 Å². The molecule has 3 rings (SSSR count). The molecular formula is C22H30N2O5. The molecule has 1 saturated heterocycles. The van der Waals surface area contributed by atoms with Crippen LogP contribution in [0.15, 0.2) is 6.07 Å². The molecule has 0 radical (unpaired) electrons. The van der Waals surface area contributed by atoms with Crippen molar-refractivity contribution in [1.82, 2.24) is 9.47 Å². The molecule has 1 aliphatic carbocycles. The van der Waals surface area contributed by atoms with Gasteiger partial charge in [0, 0.05) is 23.5 Å². The number of carbonyl (C=O) groups is 4. The smallest absolute Gasteiger partial charge is 0.329 e. The van der Waals surface area contributed by atoms with Crippen molar-refractivity contribution in [3.05, 3.63) is 23.0 Å². The molecule has 0 N–H and O–H groups in total. The lowest BCUT2D eigenvalue weighted by molar-refractivity contribution is -0.157. The Morgan fingerprint density at radius 2 is 1.72 bits per heavy atom. The van der Waals surface area contributed by atoms with Crippen LogP contribution in [-0.4, -0.2) is 45.7 Å². The molecule has 1 aromatic heterocycles. The van der Waals surface area contributed by atoms with Gasteiger partial charge in [0.15, 0.2) is 6.61 Å². The van der Waals surface area contributed by atoms with Crippen LogP contribution >= 0.6 is 0 Å². The van der Waals surface area contributed by atoms with E-state index in [0.29, 0.717) is 18.4 Å². The predicted octanol–water partition coefficient (Wildman–Crippen LogP) is 2.80. The number of fused-ring (bicyclic) bond motifs is 1. The van der Waals surface area contributed by atoms with Crippen LogP contribution in [-0.2, 0) is 25.7 Å². The number of hydrogen-bond acceptors (Lipinski definition) is 5. The molecule has 1 aliphatic heterocycles. The summed E-state index contributed by atoms with van der Waals surface area (Å²) in [5.41, 5.74) is 2.38. The molecule has 0 unspecified atom stereocenters. The molecule has 7 heteroatoms. The lowest BCUT2D eigenvalue weighted by Crippen LogP contribution is -2.44. The van der Waals surface area contributed by atoms with Crippen LogP contribution in [0.3, 0.4) is 0 Å². The third-order valence-corrected chi connectivity index (χ3v) is 6.27. The monoisotopic (exact) mass is 402 g/mol. The summed E-state index contributed by atoms with van der Waals surface area (Å²) in [6, 6.07) is 0.795. The van der Waals surface area contributed by atoms with E-state index in [4.69, 9.17) is 4.74 Å². The molecule has 1 aromatic rings. The Bertz CT molecular complexity index is 817. The van der Waals surface area contributed by atoms with E-state index in [1.165, 1.54) is 6.92 Å². The first-order chi connectivity index (χ1) is 13.8. The molecule has 7 nitrogen and oxygen atoms in total. The fourth-order valence-electron chi connectivity index (χ4n) is 4.66. The Labute approximate surface area is 171 Å². The van der Waals surface area contributed by atoms with Gasteiger partial charge in [-0.3, -0.25) is 19.3 Å². The third-order valence-electron chi connectivity index (χ3n) is 6.27. The lowest BCUT2D eigenvalue weighted by Gasteiger charge is -2.21. The number of rotatable bonds is 7. The summed E-state index contributed by atoms with van der Waals surface area (Å²) < 4.78 is 7.27. The maximum atomic E-state index is 12.6. The van der Waals surface area contributed by atoms with Crippen LogP contribution in [0.2, 0.25) is 0 Å². The normalized spacial score (nSPS) is 22.6. The molecule has 2 fully saturated rings. The standard InChI is InChI=1S/C22H30N2O5/c1-5-10-23-13(2)11-18(14(23)3)19(25)12-29-22(28)15(4)24-20(26)16-8-6-7-9-17(16)21(24)27/h11,15-17H,5-10,12H2,1-4H3/t15-,16-,17+/m0/s1. The van der Waals surface area contributed by atoms with E-state index in [1.807, 2.05) is 19.9 Å². The first kappa shape index (κ1) is 21.3. The maximum absolute atomic E-state index is 12.6. The number of ether oxygens (including phenoxy) is 1. The quantitative estimate of drug-likeness (QED) is 0.398. The molecule has 0 bridgehead atoms. The lowest BCUT2D eigenvalue weighted by atomic mass is 9.81. The van der Waals surface area contributed by atoms with E-state index < -0.39 is 18.6 Å². The molecule has 2 heterocycles. The van der Waals surface area contributed by atoms with Crippen LogP contribution in [0.1, 0.15) is 67.7 Å². The van der Waals surface area contributed by atoms with E-state index in [-0.39, 0.29) is 29.4 Å². The van der Waals surface area contributed by atoms with Crippen LogP contribution < -0.4 is 0 Å². The number of esters is 1. The molecule has 2 aliphatic rings. The fraction of sp³-hybridized carbons (Fsp3) is 0.636. The first-order valence-electron chi connectivity index (χ1n) is 10.5. The van der Waals surface area contributed by atoms with Crippen molar-refractivity contribution in [2.45, 2.75) is 72.4 Å². The molecule has 3 atom stereocenters. The van der Waals surface area contributed by atoms with Gasteiger partial charge in [-0.05, 0) is 46.1 Å². The zero-order valence-electron chi connectivity index (χ0n) is 17.7. The second kappa shape index (κ2) is 8.51. The van der Waals surface area contributed by atoms with E-state index in [1.54, 1.807) is 0 Å². The number of carbonyl (C=O) groups excluding carboxylic acids is 4. The third kappa shape index (κ3) is 3.87. The summed E-state index contributed by atoms with van der Waals surface area (Å²) in [4.78, 5) is 51.4. The van der Waals surface area contributed by atoms with Gasteiger partial charge in [0.1, 0.15) is 6.04 Å². The van der Waals surface area contributed by atoms with Crippen LogP contribution in [0.5, 0.6) is 0 Å². The topological polar surface area (TPSA) is 85.7 Å². The maximum Gasteiger partial charge on any atom is 0.329 e. The molecule has 1 saturated carbocycles. The van der Waals surface area contributed by atoms with Gasteiger partial charge in [0.05, 0.1) is 11.8 Å². The number of Topliss-reactive ketones (excluding diaryl/α,β-unsaturated/α-hetero) is 1. The largest absolute Gasteiger partial charge is 0.456 e. The molecule has 0 aromatic carbocycles. The second-order valence-electron chi connectivity index (χ2n) is 8.19. The van der Waals surface area contributed by atoms with Gasteiger partial charge in [-0.25, -0.2) is 4.79 Å². The van der Waals surface area contributed by atoms with E-state index in [2.05, 4.69) is 11.5 Å². The first-order valence-corrected chi connectivity index (χ1v) is 10.5. The van der Waals surface area contributed by atoms with Crippen LogP contribution in [0.4, 0.5) is 0 Å². The van der Waals surface area contributed by atoms with Crippen LogP contribution in [0.25, 0.3) is 0 Å². The van der Waals surface area contributed by atoms with Gasteiger partial charge < -0.3 is 9.30 Å². The summed E-state index contributed by atoms with van der Waals surface area (Å²) in [6.07, 6.45) is 4.20. The SMILES string of the molecule is CCCn1c(C)cc(C(=O)COC(=O)[C@H](C)N2C(=O)[C@H]3CCCC[C@H]3C2=O)c1C. The minimum Gasteiger partial charge on any atom is -0.456 e. The van der Waals surface area contributed by atoms with E-state index in [9.17, 15) is 19.2 Å². The summed E-state index contributed by atoms with van der Waals surface area (Å²) in [6.45, 7) is 7.81. The van der Waals surface area contributed by atoms with Crippen molar-refractivity contribution < 1.29 is 23.9 Å². The average Bonchev–Trinajstić information content (AvgIpc) is 3.13. The van der Waals surface area contributed by atoms with Crippen molar-refractivity contribution in [2.24, 2.45) is 11.8 Å². The van der Waals surface area contributed by atoms with Gasteiger partial charge in [0.2, 0.25) is 17.6 Å². The van der Waals surface area contributed by atoms with Gasteiger partial charge in [0.25, 0.3) is 0 Å². The Balaban J connectivity index is 1.63. The molecule has 29 heavy (non-hydrogen) atoms. The Kier molecular flexibility index (Phi) is 6.24. The summed E-state index contributed by atoms with van der Waals surface area (Å²) in [7, 11) is 0. The number of likely N-dealkylation sites (tertiary alicyclic amines) is 1. The number of aromatic nitrogens is 1. The average molecular weight is 402 g/mol. The zero-order valence-corrected chi connectivity index (χ0v) is 17.7. The van der Waals surface area contributed by atoms with Gasteiger partial charge in [-0.2, -0.15) is 0 Å². The Morgan fingerprint density at radius 3 is 2.28 bits per heavy atom. The number of ketones is 1. The number of imide groups is 1.